The van der Waals surface area contributed by atoms with E-state index < -0.39 is 0 Å². The zero-order valence-corrected chi connectivity index (χ0v) is 11.1. The molecule has 98 valence electrons. The third-order valence-corrected chi connectivity index (χ3v) is 4.14. The number of carbonyl (C=O) groups is 1. The van der Waals surface area contributed by atoms with Gasteiger partial charge in [0, 0.05) is 24.6 Å². The Labute approximate surface area is 116 Å². The van der Waals surface area contributed by atoms with Crippen LogP contribution in [0.15, 0.2) is 23.9 Å². The highest BCUT2D eigenvalue weighted by Gasteiger charge is 2.41. The second-order valence-electron chi connectivity index (χ2n) is 5.29. The molecule has 1 aliphatic heterocycles. The van der Waals surface area contributed by atoms with Crippen molar-refractivity contribution in [2.24, 2.45) is 0 Å². The maximum absolute atomic E-state index is 11.2. The van der Waals surface area contributed by atoms with Crippen molar-refractivity contribution in [1.82, 2.24) is 9.88 Å². The number of aromatic nitrogens is 1. The Morgan fingerprint density at radius 3 is 2.89 bits per heavy atom. The summed E-state index contributed by atoms with van der Waals surface area (Å²) in [6, 6.07) is 4.45. The Morgan fingerprint density at radius 2 is 2.26 bits per heavy atom. The van der Waals surface area contributed by atoms with Gasteiger partial charge in [0.1, 0.15) is 11.8 Å². The molecule has 0 N–H and O–H groups in total. The topological polar surface area (TPSA) is 42.4 Å². The predicted molar refractivity (Wildman–Crippen MR) is 69.9 cm³/mol. The zero-order chi connectivity index (χ0) is 13.0. The Morgan fingerprint density at radius 1 is 1.42 bits per heavy atom. The minimum atomic E-state index is -0.227. The predicted octanol–water partition coefficient (Wildman–Crippen LogP) is 2.09. The number of hydrogen-bond acceptors (Lipinski definition) is 4. The normalized spacial score (nSPS) is 23.7. The van der Waals surface area contributed by atoms with Gasteiger partial charge >= 0.3 is 5.97 Å². The van der Waals surface area contributed by atoms with Gasteiger partial charge in [-0.2, -0.15) is 0 Å². The van der Waals surface area contributed by atoms with E-state index in [0.717, 1.165) is 17.9 Å². The Bertz CT molecular complexity index is 595. The second-order valence-corrected chi connectivity index (χ2v) is 5.68. The Hall–Kier alpha value is -1.55. The summed E-state index contributed by atoms with van der Waals surface area (Å²) in [6.45, 7) is 1.29. The highest BCUT2D eigenvalue weighted by atomic mass is 35.5. The van der Waals surface area contributed by atoms with Gasteiger partial charge < -0.3 is 9.64 Å². The van der Waals surface area contributed by atoms with Crippen LogP contribution in [0, 0.1) is 0 Å². The molecule has 1 saturated carbocycles. The monoisotopic (exact) mass is 276 g/mol. The van der Waals surface area contributed by atoms with Crippen LogP contribution in [0.3, 0.4) is 0 Å². The number of esters is 1. The van der Waals surface area contributed by atoms with Gasteiger partial charge in [-0.15, -0.1) is 0 Å². The smallest absolute Gasteiger partial charge is 0.333 e. The van der Waals surface area contributed by atoms with Crippen molar-refractivity contribution in [3.05, 3.63) is 40.3 Å². The molecule has 4 nitrogen and oxygen atoms in total. The summed E-state index contributed by atoms with van der Waals surface area (Å²) < 4.78 is 5.01. The van der Waals surface area contributed by atoms with E-state index in [-0.39, 0.29) is 5.97 Å². The highest BCUT2D eigenvalue weighted by Crippen LogP contribution is 2.45. The van der Waals surface area contributed by atoms with Gasteiger partial charge in [0.25, 0.3) is 0 Å². The number of hydrogen-bond donors (Lipinski definition) is 0. The van der Waals surface area contributed by atoms with E-state index in [4.69, 9.17) is 16.3 Å². The molecule has 1 aromatic heterocycles. The van der Waals surface area contributed by atoms with Crippen molar-refractivity contribution in [2.45, 2.75) is 24.8 Å². The largest absolute Gasteiger partial charge is 0.456 e. The lowest BCUT2D eigenvalue weighted by Crippen LogP contribution is -2.28. The number of pyridine rings is 1. The van der Waals surface area contributed by atoms with Gasteiger partial charge in [0.2, 0.25) is 0 Å². The van der Waals surface area contributed by atoms with E-state index in [1.54, 1.807) is 6.08 Å². The molecule has 19 heavy (non-hydrogen) atoms. The maximum Gasteiger partial charge on any atom is 0.333 e. The fourth-order valence-electron chi connectivity index (χ4n) is 2.73. The highest BCUT2D eigenvalue weighted by molar-refractivity contribution is 6.29. The number of halogens is 1. The number of nitrogens with zero attached hydrogens (tertiary/aromatic N) is 2. The third kappa shape index (κ3) is 2.00. The number of cyclic esters (lactones) is 1. The quantitative estimate of drug-likeness (QED) is 0.624. The molecule has 1 fully saturated rings. The molecule has 5 heteroatoms. The van der Waals surface area contributed by atoms with Crippen molar-refractivity contribution in [3.63, 3.8) is 0 Å². The lowest BCUT2D eigenvalue weighted by molar-refractivity contribution is -0.135. The molecule has 3 aliphatic rings. The van der Waals surface area contributed by atoms with Gasteiger partial charge in [0.15, 0.2) is 0 Å². The number of ether oxygens (including phenoxy) is 1. The van der Waals surface area contributed by atoms with Gasteiger partial charge in [-0.1, -0.05) is 17.7 Å². The minimum absolute atomic E-state index is 0.227. The first-order chi connectivity index (χ1) is 9.22. The molecule has 2 heterocycles. The molecule has 0 amide bonds. The summed E-state index contributed by atoms with van der Waals surface area (Å²) in [6.07, 6.45) is 4.01. The van der Waals surface area contributed by atoms with Crippen LogP contribution < -0.4 is 0 Å². The second kappa shape index (κ2) is 3.97. The minimum Gasteiger partial charge on any atom is -0.456 e. The first-order valence-electron chi connectivity index (χ1n) is 6.52. The summed E-state index contributed by atoms with van der Waals surface area (Å²) in [4.78, 5) is 17.9. The SMILES string of the molecule is O=C1C=C(N(CC2c3ccc(Cl)nc32)C2CC2)CO1. The summed E-state index contributed by atoms with van der Waals surface area (Å²) in [5, 5.41) is 0.554. The van der Waals surface area contributed by atoms with Crippen LogP contribution in [0.2, 0.25) is 5.15 Å². The summed E-state index contributed by atoms with van der Waals surface area (Å²) in [5.41, 5.74) is 3.39. The van der Waals surface area contributed by atoms with E-state index in [2.05, 4.69) is 9.88 Å². The van der Waals surface area contributed by atoms with Crippen molar-refractivity contribution >= 4 is 17.6 Å². The number of fused-ring (bicyclic) bond motifs is 1. The molecule has 1 unspecified atom stereocenters. The summed E-state index contributed by atoms with van der Waals surface area (Å²) in [7, 11) is 0. The van der Waals surface area contributed by atoms with Crippen molar-refractivity contribution in [1.29, 1.82) is 0 Å². The Kier molecular flexibility index (Phi) is 2.36. The molecular formula is C14H13ClN2O2. The van der Waals surface area contributed by atoms with Gasteiger partial charge in [-0.25, -0.2) is 9.78 Å². The fraction of sp³-hybridized carbons (Fsp3) is 0.429. The van der Waals surface area contributed by atoms with Crippen LogP contribution in [0.5, 0.6) is 0 Å². The zero-order valence-electron chi connectivity index (χ0n) is 10.3. The number of rotatable bonds is 4. The van der Waals surface area contributed by atoms with E-state index in [1.165, 1.54) is 18.4 Å². The third-order valence-electron chi connectivity index (χ3n) is 3.93. The van der Waals surface area contributed by atoms with Crippen LogP contribution in [0.1, 0.15) is 30.0 Å². The summed E-state index contributed by atoms with van der Waals surface area (Å²) >= 11 is 5.90. The molecular weight excluding hydrogens is 264 g/mol. The molecule has 4 rings (SSSR count). The Balaban J connectivity index is 1.52. The molecule has 0 aromatic carbocycles. The van der Waals surface area contributed by atoms with Crippen LogP contribution >= 0.6 is 11.6 Å². The average Bonchev–Trinajstić information content (AvgIpc) is 3.27. The molecule has 0 saturated heterocycles. The molecule has 2 aliphatic carbocycles. The van der Waals surface area contributed by atoms with Crippen LogP contribution in [-0.4, -0.2) is 35.0 Å². The van der Waals surface area contributed by atoms with Gasteiger partial charge in [-0.05, 0) is 24.5 Å². The van der Waals surface area contributed by atoms with Crippen molar-refractivity contribution in [3.8, 4) is 0 Å². The van der Waals surface area contributed by atoms with E-state index in [9.17, 15) is 4.79 Å². The van der Waals surface area contributed by atoms with Crippen molar-refractivity contribution in [2.75, 3.05) is 13.2 Å². The van der Waals surface area contributed by atoms with Gasteiger partial charge in [0.05, 0.1) is 11.4 Å². The first-order valence-corrected chi connectivity index (χ1v) is 6.90. The van der Waals surface area contributed by atoms with Crippen LogP contribution in [-0.2, 0) is 9.53 Å². The first kappa shape index (κ1) is 11.3. The van der Waals surface area contributed by atoms with E-state index >= 15 is 0 Å². The van der Waals surface area contributed by atoms with E-state index in [1.807, 2.05) is 12.1 Å². The van der Waals surface area contributed by atoms with Crippen LogP contribution in [0.4, 0.5) is 0 Å². The van der Waals surface area contributed by atoms with Gasteiger partial charge in [-0.3, -0.25) is 0 Å². The standard InChI is InChI=1S/C14H13ClN2O2/c15-12-4-3-10-11(14(10)16-12)6-17(8-1-2-8)9-5-13(18)19-7-9/h3-5,8,11H,1-2,6-7H2. The fourth-order valence-corrected chi connectivity index (χ4v) is 2.88. The molecule has 0 radical (unpaired) electrons. The maximum atomic E-state index is 11.2. The van der Waals surface area contributed by atoms with Crippen molar-refractivity contribution < 1.29 is 9.53 Å². The lowest BCUT2D eigenvalue weighted by Gasteiger charge is -2.24. The molecule has 1 atom stereocenters. The molecule has 1 aromatic rings. The molecule has 0 spiro atoms. The summed E-state index contributed by atoms with van der Waals surface area (Å²) in [5.74, 6) is 0.139. The molecule has 0 bridgehead atoms. The number of carbonyl (C=O) groups excluding carboxylic acids is 1. The van der Waals surface area contributed by atoms with E-state index in [0.29, 0.717) is 23.7 Å². The van der Waals surface area contributed by atoms with Crippen LogP contribution in [0.25, 0.3) is 0 Å². The average molecular weight is 277 g/mol. The lowest BCUT2D eigenvalue weighted by atomic mass is 10.2.